The Morgan fingerprint density at radius 3 is 2.76 bits per heavy atom. The summed E-state index contributed by atoms with van der Waals surface area (Å²) in [6, 6.07) is 1.90. The standard InChI is InChI=1S/C15H23N3O3/c1-11-9-15(16-10-14(11)18(20)21)17-13(7-8-19)12-5-3-2-4-6-12/h9-10,12-13,19H,2-8H2,1H3,(H,16,17). The Morgan fingerprint density at radius 1 is 1.48 bits per heavy atom. The highest BCUT2D eigenvalue weighted by atomic mass is 16.6. The molecule has 6 nitrogen and oxygen atoms in total. The smallest absolute Gasteiger partial charge is 0.290 e. The van der Waals surface area contributed by atoms with Crippen molar-refractivity contribution < 1.29 is 10.0 Å². The Labute approximate surface area is 124 Å². The summed E-state index contributed by atoms with van der Waals surface area (Å²) in [4.78, 5) is 14.5. The van der Waals surface area contributed by atoms with Crippen LogP contribution in [-0.4, -0.2) is 27.7 Å². The Morgan fingerprint density at radius 2 is 2.19 bits per heavy atom. The lowest BCUT2D eigenvalue weighted by Crippen LogP contribution is -2.32. The van der Waals surface area contributed by atoms with E-state index in [2.05, 4.69) is 10.3 Å². The van der Waals surface area contributed by atoms with Gasteiger partial charge in [-0.25, -0.2) is 4.98 Å². The van der Waals surface area contributed by atoms with Gasteiger partial charge in [0, 0.05) is 18.2 Å². The van der Waals surface area contributed by atoms with E-state index in [4.69, 9.17) is 0 Å². The number of aliphatic hydroxyl groups is 1. The van der Waals surface area contributed by atoms with Crippen molar-refractivity contribution in [2.45, 2.75) is 51.5 Å². The average Bonchev–Trinajstić information content (AvgIpc) is 2.47. The van der Waals surface area contributed by atoms with Crippen molar-refractivity contribution in [2.24, 2.45) is 5.92 Å². The Bertz CT molecular complexity index is 487. The number of aliphatic hydroxyl groups excluding tert-OH is 1. The van der Waals surface area contributed by atoms with Gasteiger partial charge in [-0.1, -0.05) is 19.3 Å². The first-order chi connectivity index (χ1) is 10.1. The molecule has 0 aromatic carbocycles. The zero-order chi connectivity index (χ0) is 15.2. The molecule has 1 heterocycles. The molecule has 1 aliphatic rings. The van der Waals surface area contributed by atoms with Gasteiger partial charge in [-0.2, -0.15) is 0 Å². The molecule has 0 aliphatic heterocycles. The lowest BCUT2D eigenvalue weighted by molar-refractivity contribution is -0.385. The van der Waals surface area contributed by atoms with Crippen molar-refractivity contribution in [2.75, 3.05) is 11.9 Å². The van der Waals surface area contributed by atoms with Crippen LogP contribution in [-0.2, 0) is 0 Å². The highest BCUT2D eigenvalue weighted by molar-refractivity contribution is 5.47. The molecule has 0 bridgehead atoms. The van der Waals surface area contributed by atoms with Crippen LogP contribution in [0.5, 0.6) is 0 Å². The van der Waals surface area contributed by atoms with E-state index in [-0.39, 0.29) is 18.3 Å². The van der Waals surface area contributed by atoms with Crippen molar-refractivity contribution in [3.63, 3.8) is 0 Å². The van der Waals surface area contributed by atoms with Crippen LogP contribution in [0.2, 0.25) is 0 Å². The number of rotatable bonds is 6. The molecule has 0 spiro atoms. The summed E-state index contributed by atoms with van der Waals surface area (Å²) in [5, 5.41) is 23.4. The summed E-state index contributed by atoms with van der Waals surface area (Å²) in [5.74, 6) is 1.20. The third-order valence-corrected chi connectivity index (χ3v) is 4.27. The first-order valence-electron chi connectivity index (χ1n) is 7.60. The van der Waals surface area contributed by atoms with Crippen LogP contribution in [0.25, 0.3) is 0 Å². The number of aryl methyl sites for hydroxylation is 1. The van der Waals surface area contributed by atoms with Crippen molar-refractivity contribution in [3.05, 3.63) is 27.9 Å². The molecule has 0 amide bonds. The zero-order valence-corrected chi connectivity index (χ0v) is 12.4. The molecule has 0 saturated heterocycles. The van der Waals surface area contributed by atoms with E-state index in [1.54, 1.807) is 13.0 Å². The highest BCUT2D eigenvalue weighted by Crippen LogP contribution is 2.30. The van der Waals surface area contributed by atoms with Gasteiger partial charge in [0.15, 0.2) is 0 Å². The molecular formula is C15H23N3O3. The van der Waals surface area contributed by atoms with Crippen LogP contribution >= 0.6 is 0 Å². The van der Waals surface area contributed by atoms with Crippen molar-refractivity contribution in [3.8, 4) is 0 Å². The van der Waals surface area contributed by atoms with E-state index in [0.29, 0.717) is 23.7 Å². The van der Waals surface area contributed by atoms with Crippen LogP contribution in [0.15, 0.2) is 12.3 Å². The fraction of sp³-hybridized carbons (Fsp3) is 0.667. The fourth-order valence-electron chi connectivity index (χ4n) is 3.11. The lowest BCUT2D eigenvalue weighted by atomic mass is 9.83. The summed E-state index contributed by atoms with van der Waals surface area (Å²) < 4.78 is 0. The normalized spacial score (nSPS) is 17.4. The Kier molecular flexibility index (Phi) is 5.50. The number of nitrogens with zero attached hydrogens (tertiary/aromatic N) is 2. The first kappa shape index (κ1) is 15.7. The van der Waals surface area contributed by atoms with Gasteiger partial charge < -0.3 is 10.4 Å². The van der Waals surface area contributed by atoms with Gasteiger partial charge in [-0.3, -0.25) is 10.1 Å². The monoisotopic (exact) mass is 293 g/mol. The van der Waals surface area contributed by atoms with Crippen LogP contribution in [0, 0.1) is 23.0 Å². The van der Waals surface area contributed by atoms with Gasteiger partial charge in [0.2, 0.25) is 0 Å². The number of hydrogen-bond donors (Lipinski definition) is 2. The van der Waals surface area contributed by atoms with Gasteiger partial charge in [-0.05, 0) is 38.2 Å². The molecule has 1 unspecified atom stereocenters. The fourth-order valence-corrected chi connectivity index (χ4v) is 3.11. The molecular weight excluding hydrogens is 270 g/mol. The second-order valence-corrected chi connectivity index (χ2v) is 5.77. The van der Waals surface area contributed by atoms with Gasteiger partial charge >= 0.3 is 0 Å². The van der Waals surface area contributed by atoms with Crippen molar-refractivity contribution in [1.82, 2.24) is 4.98 Å². The largest absolute Gasteiger partial charge is 0.396 e. The minimum Gasteiger partial charge on any atom is -0.396 e. The number of nitrogens with one attached hydrogen (secondary N) is 1. The van der Waals surface area contributed by atoms with Crippen molar-refractivity contribution in [1.29, 1.82) is 0 Å². The molecule has 2 N–H and O–H groups in total. The van der Waals surface area contributed by atoms with Gasteiger partial charge in [0.25, 0.3) is 5.69 Å². The SMILES string of the molecule is Cc1cc(NC(CCO)C2CCCCC2)ncc1[N+](=O)[O-]. The quantitative estimate of drug-likeness (QED) is 0.621. The summed E-state index contributed by atoms with van der Waals surface area (Å²) >= 11 is 0. The van der Waals surface area contributed by atoms with Crippen LogP contribution in [0.1, 0.15) is 44.1 Å². The highest BCUT2D eigenvalue weighted by Gasteiger charge is 2.24. The number of hydrogen-bond acceptors (Lipinski definition) is 5. The predicted molar refractivity (Wildman–Crippen MR) is 81.3 cm³/mol. The zero-order valence-electron chi connectivity index (χ0n) is 12.4. The maximum atomic E-state index is 10.8. The van der Waals surface area contributed by atoms with Crippen LogP contribution in [0.3, 0.4) is 0 Å². The van der Waals surface area contributed by atoms with Gasteiger partial charge in [0.05, 0.1) is 4.92 Å². The molecule has 116 valence electrons. The van der Waals surface area contributed by atoms with Crippen LogP contribution in [0.4, 0.5) is 11.5 Å². The number of pyridine rings is 1. The second kappa shape index (κ2) is 7.36. The van der Waals surface area contributed by atoms with E-state index >= 15 is 0 Å². The topological polar surface area (TPSA) is 88.3 Å². The molecule has 21 heavy (non-hydrogen) atoms. The van der Waals surface area contributed by atoms with Crippen molar-refractivity contribution >= 4 is 11.5 Å². The molecule has 6 heteroatoms. The molecule has 1 saturated carbocycles. The molecule has 1 atom stereocenters. The van der Waals surface area contributed by atoms with E-state index < -0.39 is 4.92 Å². The number of aromatic nitrogens is 1. The summed E-state index contributed by atoms with van der Waals surface area (Å²) in [6.07, 6.45) is 8.09. The Hall–Kier alpha value is -1.69. The van der Waals surface area contributed by atoms with E-state index in [9.17, 15) is 15.2 Å². The minimum absolute atomic E-state index is 0.0388. The summed E-state index contributed by atoms with van der Waals surface area (Å²) in [7, 11) is 0. The summed E-state index contributed by atoms with van der Waals surface area (Å²) in [6.45, 7) is 1.85. The van der Waals surface area contributed by atoms with Crippen LogP contribution < -0.4 is 5.32 Å². The third kappa shape index (κ3) is 4.14. The molecule has 0 radical (unpaired) electrons. The minimum atomic E-state index is -0.418. The van der Waals surface area contributed by atoms with E-state index in [1.165, 1.54) is 38.3 Å². The molecule has 1 fully saturated rings. The number of nitro groups is 1. The molecule has 1 aromatic heterocycles. The third-order valence-electron chi connectivity index (χ3n) is 4.27. The number of anilines is 1. The van der Waals surface area contributed by atoms with Gasteiger partial charge in [-0.15, -0.1) is 0 Å². The second-order valence-electron chi connectivity index (χ2n) is 5.77. The Balaban J connectivity index is 2.09. The maximum Gasteiger partial charge on any atom is 0.290 e. The predicted octanol–water partition coefficient (Wildman–Crippen LogP) is 3.04. The average molecular weight is 293 g/mol. The summed E-state index contributed by atoms with van der Waals surface area (Å²) in [5.41, 5.74) is 0.640. The molecule has 2 rings (SSSR count). The first-order valence-corrected chi connectivity index (χ1v) is 7.60. The lowest BCUT2D eigenvalue weighted by Gasteiger charge is -2.31. The molecule has 1 aromatic rings. The maximum absolute atomic E-state index is 10.8. The van der Waals surface area contributed by atoms with Gasteiger partial charge in [0.1, 0.15) is 12.0 Å². The van der Waals surface area contributed by atoms with E-state index in [1.807, 2.05) is 0 Å². The van der Waals surface area contributed by atoms with E-state index in [0.717, 1.165) is 0 Å². The molecule has 1 aliphatic carbocycles.